The van der Waals surface area contributed by atoms with Crippen LogP contribution in [0.15, 0.2) is 35.4 Å². The second-order valence-corrected chi connectivity index (χ2v) is 5.90. The van der Waals surface area contributed by atoms with Gasteiger partial charge in [0.05, 0.1) is 20.4 Å². The molecule has 0 radical (unpaired) electrons. The number of nitrogens with one attached hydrogen (secondary N) is 1. The number of carbonyl (C=O) groups excluding carboxylic acids is 1. The molecule has 2 aromatic carbocycles. The van der Waals surface area contributed by atoms with Gasteiger partial charge in [0.25, 0.3) is 5.91 Å². The van der Waals surface area contributed by atoms with Crippen LogP contribution in [-0.2, 0) is 4.79 Å². The molecule has 0 spiro atoms. The van der Waals surface area contributed by atoms with Crippen molar-refractivity contribution in [3.8, 4) is 17.2 Å². The van der Waals surface area contributed by atoms with Crippen LogP contribution in [0.5, 0.6) is 17.2 Å². The maximum atomic E-state index is 11.9. The third-order valence-electron chi connectivity index (χ3n) is 3.93. The van der Waals surface area contributed by atoms with Gasteiger partial charge in [0.2, 0.25) is 0 Å². The standard InChI is InChI=1S/C20H24N2O4/c1-13-8-14(2)15(3)18(9-13)26-12-20(23)22-21-11-16-6-7-17(24-4)19(10-16)25-5/h6-11H,12H2,1-5H3,(H,22,23)/b21-11+. The number of benzene rings is 2. The first kappa shape index (κ1) is 19.3. The molecule has 0 aliphatic carbocycles. The molecular formula is C20H24N2O4. The number of carbonyl (C=O) groups is 1. The minimum absolute atomic E-state index is 0.104. The number of methoxy groups -OCH3 is 2. The predicted molar refractivity (Wildman–Crippen MR) is 101 cm³/mol. The number of amides is 1. The lowest BCUT2D eigenvalue weighted by molar-refractivity contribution is -0.123. The summed E-state index contributed by atoms with van der Waals surface area (Å²) in [5.41, 5.74) is 6.47. The molecule has 0 bridgehead atoms. The van der Waals surface area contributed by atoms with E-state index in [2.05, 4.69) is 16.6 Å². The summed E-state index contributed by atoms with van der Waals surface area (Å²) >= 11 is 0. The number of rotatable bonds is 7. The van der Waals surface area contributed by atoms with E-state index < -0.39 is 0 Å². The number of hydrazone groups is 1. The molecule has 6 heteroatoms. The largest absolute Gasteiger partial charge is 0.493 e. The third kappa shape index (κ3) is 4.99. The van der Waals surface area contributed by atoms with Crippen molar-refractivity contribution in [3.63, 3.8) is 0 Å². The van der Waals surface area contributed by atoms with Crippen LogP contribution in [0, 0.1) is 20.8 Å². The molecule has 2 rings (SSSR count). The Labute approximate surface area is 153 Å². The molecular weight excluding hydrogens is 332 g/mol. The molecule has 0 atom stereocenters. The Balaban J connectivity index is 1.92. The van der Waals surface area contributed by atoms with E-state index in [-0.39, 0.29) is 12.5 Å². The van der Waals surface area contributed by atoms with Crippen molar-refractivity contribution < 1.29 is 19.0 Å². The highest BCUT2D eigenvalue weighted by Crippen LogP contribution is 2.26. The van der Waals surface area contributed by atoms with Gasteiger partial charge in [0, 0.05) is 0 Å². The summed E-state index contributed by atoms with van der Waals surface area (Å²) in [6.45, 7) is 5.87. The van der Waals surface area contributed by atoms with Crippen LogP contribution < -0.4 is 19.6 Å². The summed E-state index contributed by atoms with van der Waals surface area (Å²) in [6.07, 6.45) is 1.53. The van der Waals surface area contributed by atoms with Crippen LogP contribution in [0.3, 0.4) is 0 Å². The maximum Gasteiger partial charge on any atom is 0.277 e. The molecule has 138 valence electrons. The van der Waals surface area contributed by atoms with E-state index in [9.17, 15) is 4.79 Å². The van der Waals surface area contributed by atoms with Crippen molar-refractivity contribution in [1.29, 1.82) is 0 Å². The van der Waals surface area contributed by atoms with Crippen LogP contribution in [0.1, 0.15) is 22.3 Å². The lowest BCUT2D eigenvalue weighted by atomic mass is 10.1. The zero-order chi connectivity index (χ0) is 19.1. The van der Waals surface area contributed by atoms with Crippen LogP contribution in [0.25, 0.3) is 0 Å². The Bertz CT molecular complexity index is 816. The van der Waals surface area contributed by atoms with Crippen LogP contribution in [0.2, 0.25) is 0 Å². The van der Waals surface area contributed by atoms with Crippen molar-refractivity contribution in [1.82, 2.24) is 5.43 Å². The van der Waals surface area contributed by atoms with Crippen molar-refractivity contribution in [2.75, 3.05) is 20.8 Å². The van der Waals surface area contributed by atoms with E-state index in [1.807, 2.05) is 32.9 Å². The van der Waals surface area contributed by atoms with Gasteiger partial charge in [-0.25, -0.2) is 5.43 Å². The van der Waals surface area contributed by atoms with Gasteiger partial charge in [-0.05, 0) is 67.3 Å². The van der Waals surface area contributed by atoms with E-state index in [1.165, 1.54) is 6.21 Å². The third-order valence-corrected chi connectivity index (χ3v) is 3.93. The molecule has 0 aromatic heterocycles. The molecule has 0 saturated heterocycles. The van der Waals surface area contributed by atoms with E-state index in [0.29, 0.717) is 17.2 Å². The van der Waals surface area contributed by atoms with Gasteiger partial charge in [0.1, 0.15) is 5.75 Å². The Kier molecular flexibility index (Phi) is 6.60. The zero-order valence-corrected chi connectivity index (χ0v) is 15.8. The number of hydrogen-bond acceptors (Lipinski definition) is 5. The fraction of sp³-hybridized carbons (Fsp3) is 0.300. The van der Waals surface area contributed by atoms with Gasteiger partial charge in [0.15, 0.2) is 18.1 Å². The number of hydrogen-bond donors (Lipinski definition) is 1. The lowest BCUT2D eigenvalue weighted by Gasteiger charge is -2.11. The Morgan fingerprint density at radius 1 is 1.04 bits per heavy atom. The normalized spacial score (nSPS) is 10.7. The molecule has 0 unspecified atom stereocenters. The molecule has 6 nitrogen and oxygen atoms in total. The monoisotopic (exact) mass is 356 g/mol. The summed E-state index contributed by atoms with van der Waals surface area (Å²) in [6, 6.07) is 9.35. The first-order valence-electron chi connectivity index (χ1n) is 8.19. The summed E-state index contributed by atoms with van der Waals surface area (Å²) < 4.78 is 16.0. The summed E-state index contributed by atoms with van der Waals surface area (Å²) in [5, 5.41) is 3.94. The molecule has 0 aliphatic heterocycles. The molecule has 26 heavy (non-hydrogen) atoms. The van der Waals surface area contributed by atoms with Crippen molar-refractivity contribution in [2.45, 2.75) is 20.8 Å². The maximum absolute atomic E-state index is 11.9. The molecule has 0 fully saturated rings. The molecule has 0 heterocycles. The van der Waals surface area contributed by atoms with Gasteiger partial charge in [-0.15, -0.1) is 0 Å². The van der Waals surface area contributed by atoms with Crippen molar-refractivity contribution in [2.24, 2.45) is 5.10 Å². The predicted octanol–water partition coefficient (Wildman–Crippen LogP) is 3.16. The zero-order valence-electron chi connectivity index (χ0n) is 15.8. The fourth-order valence-corrected chi connectivity index (χ4v) is 2.44. The first-order chi connectivity index (χ1) is 12.4. The molecule has 1 amide bonds. The number of aryl methyl sites for hydroxylation is 2. The number of nitrogens with zero attached hydrogens (tertiary/aromatic N) is 1. The molecule has 0 aliphatic rings. The quantitative estimate of drug-likeness (QED) is 0.611. The fourth-order valence-electron chi connectivity index (χ4n) is 2.44. The summed E-state index contributed by atoms with van der Waals surface area (Å²) in [5.74, 6) is 1.60. The number of ether oxygens (including phenoxy) is 3. The summed E-state index contributed by atoms with van der Waals surface area (Å²) in [7, 11) is 3.14. The van der Waals surface area contributed by atoms with Crippen molar-refractivity contribution in [3.05, 3.63) is 52.6 Å². The minimum Gasteiger partial charge on any atom is -0.493 e. The average molecular weight is 356 g/mol. The minimum atomic E-state index is -0.333. The van der Waals surface area contributed by atoms with Crippen LogP contribution in [0.4, 0.5) is 0 Å². The van der Waals surface area contributed by atoms with E-state index >= 15 is 0 Å². The average Bonchev–Trinajstić information content (AvgIpc) is 2.63. The Morgan fingerprint density at radius 3 is 2.46 bits per heavy atom. The van der Waals surface area contributed by atoms with Gasteiger partial charge in [-0.3, -0.25) is 4.79 Å². The van der Waals surface area contributed by atoms with E-state index in [4.69, 9.17) is 14.2 Å². The summed E-state index contributed by atoms with van der Waals surface area (Å²) in [4.78, 5) is 11.9. The van der Waals surface area contributed by atoms with Crippen LogP contribution in [-0.4, -0.2) is 32.9 Å². The second kappa shape index (κ2) is 8.89. The van der Waals surface area contributed by atoms with Crippen LogP contribution >= 0.6 is 0 Å². The first-order valence-corrected chi connectivity index (χ1v) is 8.19. The van der Waals surface area contributed by atoms with Gasteiger partial charge >= 0.3 is 0 Å². The van der Waals surface area contributed by atoms with Gasteiger partial charge in [-0.2, -0.15) is 5.10 Å². The van der Waals surface area contributed by atoms with E-state index in [0.717, 1.165) is 22.3 Å². The van der Waals surface area contributed by atoms with Gasteiger partial charge < -0.3 is 14.2 Å². The SMILES string of the molecule is COc1ccc(/C=N/NC(=O)COc2cc(C)cc(C)c2C)cc1OC. The highest BCUT2D eigenvalue weighted by atomic mass is 16.5. The Hall–Kier alpha value is -3.02. The van der Waals surface area contributed by atoms with Crippen molar-refractivity contribution >= 4 is 12.1 Å². The lowest BCUT2D eigenvalue weighted by Crippen LogP contribution is -2.24. The molecule has 0 saturated carbocycles. The highest BCUT2D eigenvalue weighted by Gasteiger charge is 2.07. The molecule has 2 aromatic rings. The smallest absolute Gasteiger partial charge is 0.277 e. The highest BCUT2D eigenvalue weighted by molar-refractivity contribution is 5.83. The molecule has 1 N–H and O–H groups in total. The van der Waals surface area contributed by atoms with E-state index in [1.54, 1.807) is 26.4 Å². The van der Waals surface area contributed by atoms with Gasteiger partial charge in [-0.1, -0.05) is 6.07 Å². The second-order valence-electron chi connectivity index (χ2n) is 5.90. The Morgan fingerprint density at radius 2 is 1.77 bits per heavy atom. The topological polar surface area (TPSA) is 69.2 Å².